The fourth-order valence-electron chi connectivity index (χ4n) is 2.39. The maximum Gasteiger partial charge on any atom is 0.0875 e. The molecule has 4 heteroatoms. The molecule has 0 aromatic heterocycles. The van der Waals surface area contributed by atoms with E-state index in [4.69, 9.17) is 10.5 Å². The third-order valence-corrected chi connectivity index (χ3v) is 3.14. The number of aliphatic hydroxyl groups excluding tert-OH is 1. The molecular weight excluding hydrogens is 202 g/mol. The van der Waals surface area contributed by atoms with Gasteiger partial charge in [0, 0.05) is 6.54 Å². The molecular formula is C12H19N3O. The zero-order chi connectivity index (χ0) is 11.8. The van der Waals surface area contributed by atoms with Crippen LogP contribution in [0, 0.1) is 28.6 Å². The minimum absolute atomic E-state index is 0.218. The summed E-state index contributed by atoms with van der Waals surface area (Å²) in [4.78, 5) is 1.69. The fourth-order valence-corrected chi connectivity index (χ4v) is 2.39. The van der Waals surface area contributed by atoms with E-state index in [0.29, 0.717) is 12.5 Å². The molecule has 0 heterocycles. The fraction of sp³-hybridized carbons (Fsp3) is 0.833. The summed E-state index contributed by atoms with van der Waals surface area (Å²) < 4.78 is 0. The van der Waals surface area contributed by atoms with Crippen LogP contribution >= 0.6 is 0 Å². The maximum absolute atomic E-state index is 9.87. The first-order valence-electron chi connectivity index (χ1n) is 5.90. The smallest absolute Gasteiger partial charge is 0.0875 e. The molecule has 16 heavy (non-hydrogen) atoms. The van der Waals surface area contributed by atoms with Crippen molar-refractivity contribution in [2.75, 3.05) is 19.6 Å². The van der Waals surface area contributed by atoms with E-state index in [1.807, 2.05) is 12.1 Å². The van der Waals surface area contributed by atoms with Gasteiger partial charge in [-0.05, 0) is 12.3 Å². The van der Waals surface area contributed by atoms with E-state index < -0.39 is 6.10 Å². The predicted molar refractivity (Wildman–Crippen MR) is 60.2 cm³/mol. The summed E-state index contributed by atoms with van der Waals surface area (Å²) in [5.74, 6) is 0.640. The van der Waals surface area contributed by atoms with Crippen molar-refractivity contribution in [3.63, 3.8) is 0 Å². The van der Waals surface area contributed by atoms with Gasteiger partial charge in [-0.1, -0.05) is 25.7 Å². The molecule has 4 nitrogen and oxygen atoms in total. The Balaban J connectivity index is 2.27. The monoisotopic (exact) mass is 221 g/mol. The zero-order valence-electron chi connectivity index (χ0n) is 9.60. The van der Waals surface area contributed by atoms with Crippen molar-refractivity contribution in [3.8, 4) is 12.1 Å². The van der Waals surface area contributed by atoms with E-state index >= 15 is 0 Å². The first-order chi connectivity index (χ1) is 7.76. The van der Waals surface area contributed by atoms with Crippen LogP contribution in [0.15, 0.2) is 0 Å². The van der Waals surface area contributed by atoms with Crippen LogP contribution in [-0.4, -0.2) is 35.7 Å². The van der Waals surface area contributed by atoms with Crippen LogP contribution in [0.4, 0.5) is 0 Å². The Morgan fingerprint density at radius 2 is 1.75 bits per heavy atom. The van der Waals surface area contributed by atoms with Crippen LogP contribution in [-0.2, 0) is 0 Å². The van der Waals surface area contributed by atoms with Crippen molar-refractivity contribution in [2.45, 2.75) is 38.2 Å². The highest BCUT2D eigenvalue weighted by Gasteiger charge is 2.20. The van der Waals surface area contributed by atoms with Crippen LogP contribution in [0.1, 0.15) is 32.1 Å². The average Bonchev–Trinajstić information content (AvgIpc) is 2.71. The lowest BCUT2D eigenvalue weighted by atomic mass is 10.00. The second-order valence-electron chi connectivity index (χ2n) is 4.53. The summed E-state index contributed by atoms with van der Waals surface area (Å²) in [5, 5.41) is 27.0. The Morgan fingerprint density at radius 1 is 1.19 bits per heavy atom. The quantitative estimate of drug-likeness (QED) is 0.686. The lowest BCUT2D eigenvalue weighted by molar-refractivity contribution is 0.102. The zero-order valence-corrected chi connectivity index (χ0v) is 9.60. The average molecular weight is 221 g/mol. The minimum atomic E-state index is -0.398. The molecule has 1 aliphatic rings. The molecule has 88 valence electrons. The first-order valence-corrected chi connectivity index (χ1v) is 5.90. The topological polar surface area (TPSA) is 71.0 Å². The van der Waals surface area contributed by atoms with Gasteiger partial charge in [-0.25, -0.2) is 0 Å². The summed E-state index contributed by atoms with van der Waals surface area (Å²) in [5.41, 5.74) is 0. The van der Waals surface area contributed by atoms with Crippen molar-refractivity contribution in [1.29, 1.82) is 10.5 Å². The maximum atomic E-state index is 9.87. The summed E-state index contributed by atoms with van der Waals surface area (Å²) in [6, 6.07) is 4.03. The van der Waals surface area contributed by atoms with Crippen molar-refractivity contribution in [1.82, 2.24) is 4.90 Å². The lowest BCUT2D eigenvalue weighted by Gasteiger charge is -2.21. The molecule has 0 aliphatic heterocycles. The van der Waals surface area contributed by atoms with Gasteiger partial charge < -0.3 is 5.11 Å². The largest absolute Gasteiger partial charge is 0.392 e. The molecule has 1 unspecified atom stereocenters. The number of hydrogen-bond acceptors (Lipinski definition) is 4. The Labute approximate surface area is 97.1 Å². The van der Waals surface area contributed by atoms with Gasteiger partial charge >= 0.3 is 0 Å². The molecule has 1 N–H and O–H groups in total. The lowest BCUT2D eigenvalue weighted by Crippen LogP contribution is -2.34. The number of hydrogen-bond donors (Lipinski definition) is 1. The van der Waals surface area contributed by atoms with E-state index in [0.717, 1.165) is 6.42 Å². The highest BCUT2D eigenvalue weighted by atomic mass is 16.3. The van der Waals surface area contributed by atoms with E-state index in [1.54, 1.807) is 4.90 Å². The molecule has 0 radical (unpaired) electrons. The van der Waals surface area contributed by atoms with Crippen molar-refractivity contribution >= 4 is 0 Å². The minimum Gasteiger partial charge on any atom is -0.392 e. The Hall–Kier alpha value is -1.10. The molecule has 0 amide bonds. The van der Waals surface area contributed by atoms with Crippen LogP contribution < -0.4 is 0 Å². The van der Waals surface area contributed by atoms with Gasteiger partial charge in [0.25, 0.3) is 0 Å². The highest BCUT2D eigenvalue weighted by Crippen LogP contribution is 2.28. The third-order valence-electron chi connectivity index (χ3n) is 3.14. The molecule has 1 aliphatic carbocycles. The number of rotatable bonds is 6. The van der Waals surface area contributed by atoms with Crippen LogP contribution in [0.3, 0.4) is 0 Å². The third kappa shape index (κ3) is 4.61. The van der Waals surface area contributed by atoms with Crippen molar-refractivity contribution in [3.05, 3.63) is 0 Å². The second-order valence-corrected chi connectivity index (χ2v) is 4.53. The van der Waals surface area contributed by atoms with E-state index in [-0.39, 0.29) is 13.1 Å². The van der Waals surface area contributed by atoms with E-state index in [1.165, 1.54) is 25.7 Å². The van der Waals surface area contributed by atoms with Gasteiger partial charge in [-0.2, -0.15) is 10.5 Å². The number of aliphatic hydroxyl groups is 1. The van der Waals surface area contributed by atoms with Crippen molar-refractivity contribution < 1.29 is 5.11 Å². The highest BCUT2D eigenvalue weighted by molar-refractivity contribution is 4.85. The Bertz CT molecular complexity index is 257. The molecule has 1 atom stereocenters. The van der Waals surface area contributed by atoms with Gasteiger partial charge in [0.15, 0.2) is 0 Å². The summed E-state index contributed by atoms with van der Waals surface area (Å²) >= 11 is 0. The van der Waals surface area contributed by atoms with Crippen LogP contribution in [0.2, 0.25) is 0 Å². The van der Waals surface area contributed by atoms with Gasteiger partial charge in [0.1, 0.15) is 0 Å². The summed E-state index contributed by atoms with van der Waals surface area (Å²) in [6.07, 6.45) is 5.40. The van der Waals surface area contributed by atoms with Gasteiger partial charge in [0.2, 0.25) is 0 Å². The molecule has 1 rings (SSSR count). The molecule has 1 fully saturated rings. The van der Waals surface area contributed by atoms with Gasteiger partial charge in [-0.3, -0.25) is 4.90 Å². The molecule has 0 aromatic carbocycles. The normalized spacial score (nSPS) is 18.2. The van der Waals surface area contributed by atoms with Crippen LogP contribution in [0.25, 0.3) is 0 Å². The summed E-state index contributed by atoms with van der Waals surface area (Å²) in [7, 11) is 0. The first kappa shape index (κ1) is 13.0. The number of nitriles is 2. The van der Waals surface area contributed by atoms with E-state index in [9.17, 15) is 5.11 Å². The van der Waals surface area contributed by atoms with E-state index in [2.05, 4.69) is 0 Å². The van der Waals surface area contributed by atoms with Gasteiger partial charge in [0.05, 0.1) is 31.3 Å². The van der Waals surface area contributed by atoms with Crippen molar-refractivity contribution in [2.24, 2.45) is 5.92 Å². The molecule has 0 saturated heterocycles. The predicted octanol–water partition coefficient (Wildman–Crippen LogP) is 1.28. The Kier molecular flexibility index (Phi) is 5.85. The summed E-state index contributed by atoms with van der Waals surface area (Å²) in [6.45, 7) is 0.877. The standard InChI is InChI=1S/C12H19N3O/c13-5-7-15(8-6-14)10-12(16)9-11-3-1-2-4-11/h11-12,16H,1-4,7-10H2. The molecule has 0 bridgehead atoms. The second kappa shape index (κ2) is 7.22. The number of nitrogens with zero attached hydrogens (tertiary/aromatic N) is 3. The molecule has 1 saturated carbocycles. The van der Waals surface area contributed by atoms with Crippen LogP contribution in [0.5, 0.6) is 0 Å². The molecule has 0 spiro atoms. The van der Waals surface area contributed by atoms with Gasteiger partial charge in [-0.15, -0.1) is 0 Å². The Morgan fingerprint density at radius 3 is 2.25 bits per heavy atom. The SMILES string of the molecule is N#CCN(CC#N)CC(O)CC1CCCC1. The molecule has 0 aromatic rings.